The second kappa shape index (κ2) is 6.35. The van der Waals surface area contributed by atoms with Gasteiger partial charge in [-0.15, -0.1) is 0 Å². The molecule has 1 unspecified atom stereocenters. The van der Waals surface area contributed by atoms with Crippen molar-refractivity contribution in [3.05, 3.63) is 0 Å². The van der Waals surface area contributed by atoms with Gasteiger partial charge in [-0.3, -0.25) is 9.69 Å². The third-order valence-corrected chi connectivity index (χ3v) is 2.94. The van der Waals surface area contributed by atoms with Crippen molar-refractivity contribution in [2.45, 2.75) is 18.6 Å². The number of nitrogens with zero attached hydrogens (tertiary/aromatic N) is 2. The van der Waals surface area contributed by atoms with Gasteiger partial charge >= 0.3 is 12.1 Å². The maximum absolute atomic E-state index is 12.1. The Hall–Kier alpha value is -0.860. The summed E-state index contributed by atoms with van der Waals surface area (Å²) in [7, 11) is 0. The third-order valence-electron chi connectivity index (χ3n) is 2.94. The van der Waals surface area contributed by atoms with Crippen LogP contribution in [0.4, 0.5) is 13.2 Å². The molecule has 8 heteroatoms. The van der Waals surface area contributed by atoms with Crippen LogP contribution in [0.15, 0.2) is 0 Å². The maximum Gasteiger partial charge on any atom is 0.401 e. The van der Waals surface area contributed by atoms with Gasteiger partial charge in [-0.2, -0.15) is 13.2 Å². The van der Waals surface area contributed by atoms with Crippen LogP contribution in [-0.2, 0) is 4.79 Å². The first kappa shape index (κ1) is 15.2. The number of carbonyl (C=O) groups is 1. The van der Waals surface area contributed by atoms with Crippen molar-refractivity contribution in [2.75, 3.05) is 39.3 Å². The Labute approximate surface area is 103 Å². The molecule has 0 radical (unpaired) electrons. The van der Waals surface area contributed by atoms with Gasteiger partial charge in [-0.1, -0.05) is 0 Å². The molecular weight excluding hydrogens is 251 g/mol. The largest absolute Gasteiger partial charge is 0.480 e. The summed E-state index contributed by atoms with van der Waals surface area (Å²) in [6, 6.07) is -0.904. The van der Waals surface area contributed by atoms with E-state index in [1.165, 1.54) is 4.90 Å². The van der Waals surface area contributed by atoms with Crippen molar-refractivity contribution < 1.29 is 23.1 Å². The highest BCUT2D eigenvalue weighted by Crippen LogP contribution is 2.17. The first-order chi connectivity index (χ1) is 8.28. The molecule has 1 rings (SSSR count). The van der Waals surface area contributed by atoms with E-state index in [-0.39, 0.29) is 0 Å². The lowest BCUT2D eigenvalue weighted by Crippen LogP contribution is -2.50. The fraction of sp³-hybridized carbons (Fsp3) is 0.900. The van der Waals surface area contributed by atoms with E-state index in [2.05, 4.69) is 0 Å². The molecule has 0 aromatic rings. The molecule has 0 amide bonds. The Bertz CT molecular complexity index is 278. The number of alkyl halides is 3. The monoisotopic (exact) mass is 269 g/mol. The van der Waals surface area contributed by atoms with Crippen LogP contribution in [0, 0.1) is 0 Å². The van der Waals surface area contributed by atoms with E-state index in [1.54, 1.807) is 0 Å². The van der Waals surface area contributed by atoms with Crippen molar-refractivity contribution in [3.8, 4) is 0 Å². The van der Waals surface area contributed by atoms with Crippen LogP contribution in [0.3, 0.4) is 0 Å². The van der Waals surface area contributed by atoms with Crippen molar-refractivity contribution in [3.63, 3.8) is 0 Å². The molecule has 1 saturated heterocycles. The summed E-state index contributed by atoms with van der Waals surface area (Å²) >= 11 is 0. The Morgan fingerprint density at radius 1 is 1.22 bits per heavy atom. The molecule has 1 aliphatic heterocycles. The highest BCUT2D eigenvalue weighted by Gasteiger charge is 2.32. The Kier molecular flexibility index (Phi) is 5.36. The summed E-state index contributed by atoms with van der Waals surface area (Å²) < 4.78 is 36.4. The second-order valence-corrected chi connectivity index (χ2v) is 4.47. The van der Waals surface area contributed by atoms with E-state index in [0.717, 1.165) is 0 Å². The zero-order valence-electron chi connectivity index (χ0n) is 9.99. The highest BCUT2D eigenvalue weighted by atomic mass is 19.4. The molecule has 3 N–H and O–H groups in total. The number of halogens is 3. The average molecular weight is 269 g/mol. The van der Waals surface area contributed by atoms with Crippen LogP contribution >= 0.6 is 0 Å². The Morgan fingerprint density at radius 3 is 2.17 bits per heavy atom. The number of carboxylic acid groups (broad SMARTS) is 1. The zero-order valence-corrected chi connectivity index (χ0v) is 9.99. The molecular formula is C10H18F3N3O2. The second-order valence-electron chi connectivity index (χ2n) is 4.47. The van der Waals surface area contributed by atoms with E-state index < -0.39 is 24.7 Å². The lowest BCUT2D eigenvalue weighted by atomic mass is 10.2. The fourth-order valence-electron chi connectivity index (χ4n) is 1.87. The van der Waals surface area contributed by atoms with Crippen molar-refractivity contribution >= 4 is 5.97 Å². The van der Waals surface area contributed by atoms with Crippen LogP contribution in [0.1, 0.15) is 6.42 Å². The van der Waals surface area contributed by atoms with E-state index in [9.17, 15) is 18.0 Å². The van der Waals surface area contributed by atoms with E-state index in [0.29, 0.717) is 39.1 Å². The summed E-state index contributed by atoms with van der Waals surface area (Å²) in [4.78, 5) is 13.8. The molecule has 5 nitrogen and oxygen atoms in total. The van der Waals surface area contributed by atoms with Gasteiger partial charge in [0, 0.05) is 32.7 Å². The van der Waals surface area contributed by atoms with Crippen LogP contribution in [0.2, 0.25) is 0 Å². The number of piperazine rings is 1. The summed E-state index contributed by atoms with van der Waals surface area (Å²) in [5, 5.41) is 8.60. The van der Waals surface area contributed by atoms with Gasteiger partial charge in [0.25, 0.3) is 0 Å². The molecule has 1 atom stereocenters. The maximum atomic E-state index is 12.1. The predicted molar refractivity (Wildman–Crippen MR) is 59.2 cm³/mol. The van der Waals surface area contributed by atoms with Crippen molar-refractivity contribution in [2.24, 2.45) is 5.73 Å². The number of hydrogen-bond donors (Lipinski definition) is 2. The molecule has 0 bridgehead atoms. The SMILES string of the molecule is NC(CCN1CCN(CC(F)(F)F)CC1)C(=O)O. The first-order valence-corrected chi connectivity index (χ1v) is 5.78. The molecule has 1 fully saturated rings. The highest BCUT2D eigenvalue weighted by molar-refractivity contribution is 5.72. The molecule has 0 aromatic carbocycles. The number of nitrogens with two attached hydrogens (primary N) is 1. The summed E-state index contributed by atoms with van der Waals surface area (Å²) in [5.41, 5.74) is 5.36. The van der Waals surface area contributed by atoms with Crippen LogP contribution in [0.5, 0.6) is 0 Å². The molecule has 0 saturated carbocycles. The minimum Gasteiger partial charge on any atom is -0.480 e. The third kappa shape index (κ3) is 5.65. The van der Waals surface area contributed by atoms with E-state index in [1.807, 2.05) is 4.90 Å². The van der Waals surface area contributed by atoms with Gasteiger partial charge < -0.3 is 15.7 Å². The fourth-order valence-corrected chi connectivity index (χ4v) is 1.87. The Balaban J connectivity index is 2.21. The quantitative estimate of drug-likeness (QED) is 0.733. The van der Waals surface area contributed by atoms with Gasteiger partial charge in [-0.05, 0) is 6.42 Å². The van der Waals surface area contributed by atoms with Crippen LogP contribution in [-0.4, -0.2) is 72.4 Å². The van der Waals surface area contributed by atoms with Gasteiger partial charge in [0.05, 0.1) is 6.54 Å². The minimum atomic E-state index is -4.16. The molecule has 0 aliphatic carbocycles. The summed E-state index contributed by atoms with van der Waals surface area (Å²) in [6.07, 6.45) is -3.84. The standard InChI is InChI=1S/C10H18F3N3O2/c11-10(12,13)7-16-5-3-15(4-6-16)2-1-8(14)9(17)18/h8H,1-7,14H2,(H,17,18). The summed E-state index contributed by atoms with van der Waals surface area (Å²) in [6.45, 7) is 1.36. The van der Waals surface area contributed by atoms with E-state index in [4.69, 9.17) is 10.8 Å². The molecule has 1 aliphatic rings. The average Bonchev–Trinajstić information content (AvgIpc) is 2.25. The molecule has 0 spiro atoms. The lowest BCUT2D eigenvalue weighted by molar-refractivity contribution is -0.149. The Morgan fingerprint density at radius 2 is 1.72 bits per heavy atom. The van der Waals surface area contributed by atoms with Crippen LogP contribution in [0.25, 0.3) is 0 Å². The van der Waals surface area contributed by atoms with Gasteiger partial charge in [0.2, 0.25) is 0 Å². The predicted octanol–water partition coefficient (Wildman–Crippen LogP) is -0.0317. The number of carboxylic acids is 1. The van der Waals surface area contributed by atoms with Gasteiger partial charge in [-0.25, -0.2) is 0 Å². The van der Waals surface area contributed by atoms with Gasteiger partial charge in [0.1, 0.15) is 6.04 Å². The number of hydrogen-bond acceptors (Lipinski definition) is 4. The number of aliphatic carboxylic acids is 1. The van der Waals surface area contributed by atoms with Crippen LogP contribution < -0.4 is 5.73 Å². The molecule has 18 heavy (non-hydrogen) atoms. The van der Waals surface area contributed by atoms with E-state index >= 15 is 0 Å². The lowest BCUT2D eigenvalue weighted by Gasteiger charge is -2.35. The topological polar surface area (TPSA) is 69.8 Å². The molecule has 1 heterocycles. The summed E-state index contributed by atoms with van der Waals surface area (Å²) in [5.74, 6) is -1.05. The van der Waals surface area contributed by atoms with Crippen molar-refractivity contribution in [1.29, 1.82) is 0 Å². The first-order valence-electron chi connectivity index (χ1n) is 5.78. The zero-order chi connectivity index (χ0) is 13.8. The normalized spacial score (nSPS) is 20.9. The van der Waals surface area contributed by atoms with Crippen molar-refractivity contribution in [1.82, 2.24) is 9.80 Å². The number of rotatable bonds is 5. The minimum absolute atomic E-state index is 0.314. The molecule has 0 aromatic heterocycles. The smallest absolute Gasteiger partial charge is 0.401 e. The molecule has 106 valence electrons. The van der Waals surface area contributed by atoms with Gasteiger partial charge in [0.15, 0.2) is 0 Å².